The Labute approximate surface area is 169 Å². The van der Waals surface area contributed by atoms with E-state index in [1.54, 1.807) is 31.2 Å². The zero-order chi connectivity index (χ0) is 20.8. The lowest BCUT2D eigenvalue weighted by molar-refractivity contribution is -0.126. The molecule has 0 saturated heterocycles. The van der Waals surface area contributed by atoms with E-state index in [9.17, 15) is 14.4 Å². The highest BCUT2D eigenvalue weighted by Crippen LogP contribution is 2.28. The van der Waals surface area contributed by atoms with E-state index in [4.69, 9.17) is 0 Å². The maximum absolute atomic E-state index is 12.7. The Balaban J connectivity index is 1.59. The molecule has 1 fully saturated rings. The molecule has 3 amide bonds. The van der Waals surface area contributed by atoms with Gasteiger partial charge in [-0.15, -0.1) is 0 Å². The average Bonchev–Trinajstić information content (AvgIpc) is 3.40. The molecule has 29 heavy (non-hydrogen) atoms. The minimum absolute atomic E-state index is 0.163. The van der Waals surface area contributed by atoms with Crippen LogP contribution in [0.25, 0.3) is 0 Å². The van der Waals surface area contributed by atoms with Gasteiger partial charge in [-0.25, -0.2) is 9.67 Å². The number of carbonyl (C=O) groups is 3. The summed E-state index contributed by atoms with van der Waals surface area (Å²) in [5.74, 6) is -0.490. The largest absolute Gasteiger partial charge is 0.344 e. The maximum Gasteiger partial charge on any atom is 0.249 e. The maximum atomic E-state index is 12.7. The fraction of sp³-hybridized carbons (Fsp3) is 0.450. The predicted molar refractivity (Wildman–Crippen MR) is 108 cm³/mol. The van der Waals surface area contributed by atoms with Gasteiger partial charge in [0.2, 0.25) is 17.7 Å². The van der Waals surface area contributed by atoms with Crippen molar-refractivity contribution in [2.24, 2.45) is 5.92 Å². The number of hydrogen-bond acceptors (Lipinski definition) is 5. The van der Waals surface area contributed by atoms with Crippen molar-refractivity contribution >= 4 is 29.1 Å². The molecule has 2 unspecified atom stereocenters. The van der Waals surface area contributed by atoms with E-state index in [2.05, 4.69) is 26.0 Å². The van der Waals surface area contributed by atoms with Gasteiger partial charge in [0, 0.05) is 18.3 Å². The summed E-state index contributed by atoms with van der Waals surface area (Å²) >= 11 is 0. The summed E-state index contributed by atoms with van der Waals surface area (Å²) in [7, 11) is 0. The Morgan fingerprint density at radius 2 is 1.62 bits per heavy atom. The van der Waals surface area contributed by atoms with Crippen molar-refractivity contribution in [3.05, 3.63) is 36.9 Å². The summed E-state index contributed by atoms with van der Waals surface area (Å²) in [5.41, 5.74) is 1.21. The first kappa shape index (κ1) is 20.5. The Bertz CT molecular complexity index is 844. The van der Waals surface area contributed by atoms with Crippen molar-refractivity contribution in [3.63, 3.8) is 0 Å². The molecule has 2 aromatic rings. The summed E-state index contributed by atoms with van der Waals surface area (Å²) in [6, 6.07) is 5.83. The van der Waals surface area contributed by atoms with Crippen LogP contribution >= 0.6 is 0 Å². The van der Waals surface area contributed by atoms with Crippen molar-refractivity contribution in [3.8, 4) is 0 Å². The van der Waals surface area contributed by atoms with Gasteiger partial charge in [0.1, 0.15) is 24.7 Å². The second-order valence-corrected chi connectivity index (χ2v) is 7.33. The van der Waals surface area contributed by atoms with E-state index in [0.717, 1.165) is 25.7 Å². The second kappa shape index (κ2) is 9.31. The molecule has 0 radical (unpaired) electrons. The SMILES string of the molecule is CC(=O)NC(C(=O)Nc1ccc(NC(=O)C(C)n2cncn2)cc1)C1CCCC1. The van der Waals surface area contributed by atoms with Crippen molar-refractivity contribution < 1.29 is 14.4 Å². The molecule has 1 aromatic heterocycles. The lowest BCUT2D eigenvalue weighted by Crippen LogP contribution is -2.47. The molecule has 9 nitrogen and oxygen atoms in total. The molecule has 0 aliphatic heterocycles. The molecule has 1 aliphatic rings. The van der Waals surface area contributed by atoms with Crippen LogP contribution in [0.5, 0.6) is 0 Å². The number of amides is 3. The quantitative estimate of drug-likeness (QED) is 0.660. The van der Waals surface area contributed by atoms with Crippen LogP contribution in [0.3, 0.4) is 0 Å². The zero-order valence-electron chi connectivity index (χ0n) is 16.6. The fourth-order valence-electron chi connectivity index (χ4n) is 3.55. The molecule has 3 N–H and O–H groups in total. The van der Waals surface area contributed by atoms with Gasteiger partial charge in [0.05, 0.1) is 0 Å². The molecular formula is C20H26N6O3. The smallest absolute Gasteiger partial charge is 0.249 e. The Hall–Kier alpha value is -3.23. The first-order valence-electron chi connectivity index (χ1n) is 9.77. The molecule has 0 spiro atoms. The van der Waals surface area contributed by atoms with Crippen LogP contribution in [-0.2, 0) is 14.4 Å². The first-order chi connectivity index (χ1) is 13.9. The van der Waals surface area contributed by atoms with Gasteiger partial charge in [-0.1, -0.05) is 12.8 Å². The van der Waals surface area contributed by atoms with E-state index in [1.807, 2.05) is 0 Å². The van der Waals surface area contributed by atoms with Crippen molar-refractivity contribution in [2.75, 3.05) is 10.6 Å². The van der Waals surface area contributed by atoms with E-state index < -0.39 is 12.1 Å². The molecule has 154 valence electrons. The minimum atomic E-state index is -0.530. The van der Waals surface area contributed by atoms with Crippen LogP contribution < -0.4 is 16.0 Å². The van der Waals surface area contributed by atoms with Crippen LogP contribution in [0.15, 0.2) is 36.9 Å². The van der Waals surface area contributed by atoms with Gasteiger partial charge in [-0.2, -0.15) is 5.10 Å². The number of nitrogens with zero attached hydrogens (tertiary/aromatic N) is 3. The fourth-order valence-corrected chi connectivity index (χ4v) is 3.55. The minimum Gasteiger partial charge on any atom is -0.344 e. The Morgan fingerprint density at radius 3 is 2.14 bits per heavy atom. The van der Waals surface area contributed by atoms with E-state index >= 15 is 0 Å². The second-order valence-electron chi connectivity index (χ2n) is 7.33. The first-order valence-corrected chi connectivity index (χ1v) is 9.77. The lowest BCUT2D eigenvalue weighted by atomic mass is 9.97. The number of nitrogens with one attached hydrogen (secondary N) is 3. The third-order valence-electron chi connectivity index (χ3n) is 5.15. The van der Waals surface area contributed by atoms with Gasteiger partial charge in [-0.05, 0) is 49.9 Å². The summed E-state index contributed by atoms with van der Waals surface area (Å²) in [6.07, 6.45) is 6.89. The average molecular weight is 398 g/mol. The highest BCUT2D eigenvalue weighted by atomic mass is 16.2. The Kier molecular flexibility index (Phi) is 6.58. The summed E-state index contributed by atoms with van der Waals surface area (Å²) in [5, 5.41) is 12.4. The van der Waals surface area contributed by atoms with Crippen LogP contribution in [0.4, 0.5) is 11.4 Å². The van der Waals surface area contributed by atoms with Crippen molar-refractivity contribution in [1.82, 2.24) is 20.1 Å². The third-order valence-corrected chi connectivity index (χ3v) is 5.15. The van der Waals surface area contributed by atoms with Crippen LogP contribution in [0.1, 0.15) is 45.6 Å². The van der Waals surface area contributed by atoms with Gasteiger partial charge in [0.25, 0.3) is 0 Å². The van der Waals surface area contributed by atoms with E-state index in [0.29, 0.717) is 11.4 Å². The van der Waals surface area contributed by atoms with E-state index in [1.165, 1.54) is 24.3 Å². The molecule has 1 heterocycles. The molecule has 1 saturated carbocycles. The van der Waals surface area contributed by atoms with Gasteiger partial charge < -0.3 is 16.0 Å². The molecular weight excluding hydrogens is 372 g/mol. The molecule has 1 aliphatic carbocycles. The number of carbonyl (C=O) groups excluding carboxylic acids is 3. The molecule has 3 rings (SSSR count). The Morgan fingerprint density at radius 1 is 1.03 bits per heavy atom. The van der Waals surface area contributed by atoms with Gasteiger partial charge in [-0.3, -0.25) is 14.4 Å². The standard InChI is InChI=1S/C20H26N6O3/c1-13(26-12-21-11-22-26)19(28)24-16-7-9-17(10-8-16)25-20(29)18(23-14(2)27)15-5-3-4-6-15/h7-13,15,18H,3-6H2,1-2H3,(H,23,27)(H,24,28)(H,25,29). The molecule has 9 heteroatoms. The topological polar surface area (TPSA) is 118 Å². The van der Waals surface area contributed by atoms with Gasteiger partial charge >= 0.3 is 0 Å². The summed E-state index contributed by atoms with van der Waals surface area (Å²) < 4.78 is 1.47. The monoisotopic (exact) mass is 398 g/mol. The number of anilines is 2. The normalized spacial score (nSPS) is 16.1. The van der Waals surface area contributed by atoms with Crippen molar-refractivity contribution in [2.45, 2.75) is 51.6 Å². The van der Waals surface area contributed by atoms with E-state index in [-0.39, 0.29) is 23.6 Å². The number of hydrogen-bond donors (Lipinski definition) is 3. The summed E-state index contributed by atoms with van der Waals surface area (Å²) in [6.45, 7) is 3.15. The highest BCUT2D eigenvalue weighted by Gasteiger charge is 2.31. The number of rotatable bonds is 7. The number of benzene rings is 1. The molecule has 1 aromatic carbocycles. The molecule has 0 bridgehead atoms. The van der Waals surface area contributed by atoms with Crippen molar-refractivity contribution in [1.29, 1.82) is 0 Å². The predicted octanol–water partition coefficient (Wildman–Crippen LogP) is 2.11. The molecule has 2 atom stereocenters. The third kappa shape index (κ3) is 5.40. The summed E-state index contributed by atoms with van der Waals surface area (Å²) in [4.78, 5) is 40.4. The highest BCUT2D eigenvalue weighted by molar-refractivity contribution is 5.98. The van der Waals surface area contributed by atoms with Crippen LogP contribution in [-0.4, -0.2) is 38.5 Å². The zero-order valence-corrected chi connectivity index (χ0v) is 16.6. The lowest BCUT2D eigenvalue weighted by Gasteiger charge is -2.23. The van der Waals surface area contributed by atoms with Crippen LogP contribution in [0, 0.1) is 5.92 Å². The number of aromatic nitrogens is 3. The van der Waals surface area contributed by atoms with Crippen LogP contribution in [0.2, 0.25) is 0 Å². The van der Waals surface area contributed by atoms with Gasteiger partial charge in [0.15, 0.2) is 0 Å².